The van der Waals surface area contributed by atoms with Gasteiger partial charge in [-0.1, -0.05) is 59.8 Å². The van der Waals surface area contributed by atoms with Gasteiger partial charge < -0.3 is 24.3 Å². The molecule has 0 fully saturated rings. The summed E-state index contributed by atoms with van der Waals surface area (Å²) in [5.41, 5.74) is 0.0345. The Morgan fingerprint density at radius 3 is 1.84 bits per heavy atom. The van der Waals surface area contributed by atoms with Crippen molar-refractivity contribution < 1.29 is 42.5 Å². The van der Waals surface area contributed by atoms with E-state index in [0.29, 0.717) is 25.6 Å². The van der Waals surface area contributed by atoms with Gasteiger partial charge in [-0.25, -0.2) is 9.13 Å². The molecule has 0 aliphatic carbocycles. The lowest BCUT2D eigenvalue weighted by atomic mass is 9.75. The van der Waals surface area contributed by atoms with Crippen molar-refractivity contribution in [3.05, 3.63) is 0 Å². The molecule has 0 aromatic heterocycles. The normalized spacial score (nSPS) is 15.1. The molecule has 32 heavy (non-hydrogen) atoms. The Bertz CT molecular complexity index is 557. The Labute approximate surface area is 194 Å². The molecular weight excluding hydrogens is 458 g/mol. The van der Waals surface area contributed by atoms with Crippen LogP contribution < -0.4 is 0 Å². The van der Waals surface area contributed by atoms with E-state index in [9.17, 15) is 9.13 Å². The topological polar surface area (TPSA) is 143 Å². The standard InChI is InChI=1S/C21H46O9P2/c1-5-19(17-20(6-2)18-30-32(25,26)27)11-15-28-14-10-9-12-21(7-3,8-4)13-16-29-31(22,23)24/h19-20H,5-18H2,1-4H3,(H2,22,23,24)(H2,25,26,27). The molecule has 194 valence electrons. The van der Waals surface area contributed by atoms with Crippen molar-refractivity contribution in [1.29, 1.82) is 0 Å². The first-order valence-electron chi connectivity index (χ1n) is 11.9. The summed E-state index contributed by atoms with van der Waals surface area (Å²) in [6.07, 6.45) is 9.00. The minimum absolute atomic E-state index is 0.0345. The van der Waals surface area contributed by atoms with Crippen LogP contribution >= 0.6 is 15.6 Å². The van der Waals surface area contributed by atoms with Crippen LogP contribution in [0.3, 0.4) is 0 Å². The van der Waals surface area contributed by atoms with E-state index in [0.717, 1.165) is 57.8 Å². The van der Waals surface area contributed by atoms with Crippen LogP contribution in [0.15, 0.2) is 0 Å². The van der Waals surface area contributed by atoms with Gasteiger partial charge >= 0.3 is 15.6 Å². The van der Waals surface area contributed by atoms with E-state index >= 15 is 0 Å². The number of rotatable bonds is 21. The molecule has 0 heterocycles. The maximum Gasteiger partial charge on any atom is 0.469 e. The quantitative estimate of drug-likeness (QED) is 0.119. The van der Waals surface area contributed by atoms with Gasteiger partial charge in [0.1, 0.15) is 0 Å². The van der Waals surface area contributed by atoms with Crippen molar-refractivity contribution in [2.75, 3.05) is 26.4 Å². The van der Waals surface area contributed by atoms with Crippen LogP contribution in [-0.2, 0) is 22.9 Å². The van der Waals surface area contributed by atoms with Gasteiger partial charge in [0.15, 0.2) is 0 Å². The van der Waals surface area contributed by atoms with E-state index in [2.05, 4.69) is 29.8 Å². The molecule has 0 radical (unpaired) electrons. The molecular formula is C21H46O9P2. The molecule has 0 aliphatic rings. The van der Waals surface area contributed by atoms with Gasteiger partial charge in [-0.3, -0.25) is 9.05 Å². The lowest BCUT2D eigenvalue weighted by Gasteiger charge is -2.32. The zero-order chi connectivity index (χ0) is 24.7. The Kier molecular flexibility index (Phi) is 16.8. The van der Waals surface area contributed by atoms with E-state index in [1.54, 1.807) is 0 Å². The van der Waals surface area contributed by atoms with Crippen molar-refractivity contribution in [3.8, 4) is 0 Å². The second-order valence-corrected chi connectivity index (χ2v) is 11.2. The Hall–Kier alpha value is 0.180. The van der Waals surface area contributed by atoms with E-state index in [1.165, 1.54) is 0 Å². The molecule has 0 saturated carbocycles. The van der Waals surface area contributed by atoms with Gasteiger partial charge in [0.05, 0.1) is 13.2 Å². The Balaban J connectivity index is 4.16. The maximum absolute atomic E-state index is 10.9. The molecule has 0 rings (SSSR count). The third-order valence-electron chi connectivity index (χ3n) is 6.61. The summed E-state index contributed by atoms with van der Waals surface area (Å²) < 4.78 is 36.9. The van der Waals surface area contributed by atoms with Crippen molar-refractivity contribution >= 4 is 15.6 Å². The number of ether oxygens (including phenoxy) is 1. The minimum atomic E-state index is -4.42. The number of hydrogen-bond donors (Lipinski definition) is 4. The Morgan fingerprint density at radius 2 is 1.34 bits per heavy atom. The van der Waals surface area contributed by atoms with Crippen LogP contribution in [0.2, 0.25) is 0 Å². The van der Waals surface area contributed by atoms with Crippen molar-refractivity contribution in [2.45, 2.75) is 91.9 Å². The third-order valence-corrected chi connectivity index (χ3v) is 7.61. The summed E-state index contributed by atoms with van der Waals surface area (Å²) in [6, 6.07) is 0. The largest absolute Gasteiger partial charge is 0.469 e. The Morgan fingerprint density at radius 1 is 0.750 bits per heavy atom. The van der Waals surface area contributed by atoms with E-state index in [-0.39, 0.29) is 24.5 Å². The summed E-state index contributed by atoms with van der Waals surface area (Å²) in [5, 5.41) is 0. The summed E-state index contributed by atoms with van der Waals surface area (Å²) in [5.74, 6) is 0.556. The van der Waals surface area contributed by atoms with Crippen molar-refractivity contribution in [3.63, 3.8) is 0 Å². The third kappa shape index (κ3) is 16.7. The van der Waals surface area contributed by atoms with Gasteiger partial charge in [-0.15, -0.1) is 0 Å². The van der Waals surface area contributed by atoms with Gasteiger partial charge in [0.25, 0.3) is 0 Å². The highest BCUT2D eigenvalue weighted by Gasteiger charge is 2.27. The smallest absolute Gasteiger partial charge is 0.381 e. The lowest BCUT2D eigenvalue weighted by molar-refractivity contribution is 0.0980. The highest BCUT2D eigenvalue weighted by molar-refractivity contribution is 7.46. The van der Waals surface area contributed by atoms with Gasteiger partial charge in [0.2, 0.25) is 0 Å². The highest BCUT2D eigenvalue weighted by Crippen LogP contribution is 2.41. The average molecular weight is 505 g/mol. The molecule has 2 atom stereocenters. The number of phosphoric ester groups is 2. The maximum atomic E-state index is 10.9. The second-order valence-electron chi connectivity index (χ2n) is 8.71. The summed E-state index contributed by atoms with van der Waals surface area (Å²) in [4.78, 5) is 35.5. The first-order chi connectivity index (χ1) is 14.9. The predicted octanol–water partition coefficient (Wildman–Crippen LogP) is 5.42. The first kappa shape index (κ1) is 32.2. The monoisotopic (exact) mass is 504 g/mol. The number of hydrogen-bond acceptors (Lipinski definition) is 5. The zero-order valence-electron chi connectivity index (χ0n) is 20.3. The van der Waals surface area contributed by atoms with E-state index in [4.69, 9.17) is 24.3 Å². The molecule has 9 nitrogen and oxygen atoms in total. The number of unbranched alkanes of at least 4 members (excludes halogenated alkanes) is 1. The summed E-state index contributed by atoms with van der Waals surface area (Å²) in [7, 11) is -8.83. The predicted molar refractivity (Wildman–Crippen MR) is 125 cm³/mol. The average Bonchev–Trinajstić information content (AvgIpc) is 2.71. The van der Waals surface area contributed by atoms with Crippen LogP contribution in [0.4, 0.5) is 0 Å². The fraction of sp³-hybridized carbons (Fsp3) is 1.00. The molecule has 0 amide bonds. The molecule has 0 aromatic carbocycles. The highest BCUT2D eigenvalue weighted by atomic mass is 31.2. The second kappa shape index (κ2) is 16.7. The van der Waals surface area contributed by atoms with Crippen LogP contribution in [0.25, 0.3) is 0 Å². The SMILES string of the molecule is CCC(CCOCCCCC(CC)(CC)CCOP(=O)(O)O)CC(CC)COP(=O)(O)O. The fourth-order valence-corrected chi connectivity index (χ4v) is 4.77. The summed E-state index contributed by atoms with van der Waals surface area (Å²) >= 11 is 0. The molecule has 4 N–H and O–H groups in total. The molecule has 0 bridgehead atoms. The molecule has 11 heteroatoms. The minimum Gasteiger partial charge on any atom is -0.381 e. The van der Waals surface area contributed by atoms with Gasteiger partial charge in [-0.05, 0) is 49.4 Å². The van der Waals surface area contributed by atoms with Crippen LogP contribution in [0, 0.1) is 17.3 Å². The molecule has 0 aliphatic heterocycles. The molecule has 0 spiro atoms. The molecule has 2 unspecified atom stereocenters. The summed E-state index contributed by atoms with van der Waals surface area (Å²) in [6.45, 7) is 9.82. The molecule has 0 saturated heterocycles. The van der Waals surface area contributed by atoms with Gasteiger partial charge in [-0.2, -0.15) is 0 Å². The fourth-order valence-electron chi connectivity index (χ4n) is 4.03. The van der Waals surface area contributed by atoms with Crippen LogP contribution in [0.5, 0.6) is 0 Å². The van der Waals surface area contributed by atoms with E-state index < -0.39 is 15.6 Å². The first-order valence-corrected chi connectivity index (χ1v) is 14.9. The van der Waals surface area contributed by atoms with E-state index in [1.807, 2.05) is 6.92 Å². The number of phosphoric acid groups is 2. The zero-order valence-corrected chi connectivity index (χ0v) is 22.1. The lowest BCUT2D eigenvalue weighted by Crippen LogP contribution is -2.21. The van der Waals surface area contributed by atoms with Crippen LogP contribution in [-0.4, -0.2) is 46.0 Å². The van der Waals surface area contributed by atoms with Crippen molar-refractivity contribution in [2.24, 2.45) is 17.3 Å². The molecule has 0 aromatic rings. The van der Waals surface area contributed by atoms with Crippen LogP contribution in [0.1, 0.15) is 91.9 Å². The van der Waals surface area contributed by atoms with Crippen molar-refractivity contribution in [1.82, 2.24) is 0 Å². The van der Waals surface area contributed by atoms with Gasteiger partial charge in [0, 0.05) is 13.2 Å².